The fraction of sp³-hybridized carbons (Fsp3) is 0.0952. The largest absolute Gasteiger partial charge is 0.618 e. The molecule has 2 rings (SSSR count). The van der Waals surface area contributed by atoms with E-state index in [1.165, 1.54) is 0 Å². The summed E-state index contributed by atoms with van der Waals surface area (Å²) in [5.74, 6) is 0. The molecule has 0 fully saturated rings. The Labute approximate surface area is 138 Å². The number of hydroxylamine groups is 1. The molecular weight excluding hydrogens is 282 g/mol. The molecule has 0 saturated heterocycles. The molecule has 0 aliphatic heterocycles. The third-order valence-corrected chi connectivity index (χ3v) is 3.46. The Morgan fingerprint density at radius 2 is 1.26 bits per heavy atom. The van der Waals surface area contributed by atoms with Crippen LogP contribution in [0.15, 0.2) is 84.6 Å². The van der Waals surface area contributed by atoms with E-state index in [1.807, 2.05) is 91.9 Å². The van der Waals surface area contributed by atoms with Gasteiger partial charge in [0.1, 0.15) is 0 Å². The second-order valence-corrected chi connectivity index (χ2v) is 5.14. The Kier molecular flexibility index (Phi) is 6.13. The average Bonchev–Trinajstić information content (AvgIpc) is 2.62. The fourth-order valence-corrected chi connectivity index (χ4v) is 2.00. The maximum atomic E-state index is 12.4. The molecule has 2 heteroatoms. The van der Waals surface area contributed by atoms with E-state index >= 15 is 0 Å². The van der Waals surface area contributed by atoms with Crippen molar-refractivity contribution in [3.63, 3.8) is 0 Å². The minimum Gasteiger partial charge on any atom is -0.618 e. The first-order valence-electron chi connectivity index (χ1n) is 7.64. The van der Waals surface area contributed by atoms with Crippen LogP contribution >= 0.6 is 0 Å². The van der Waals surface area contributed by atoms with Gasteiger partial charge >= 0.3 is 0 Å². The van der Waals surface area contributed by atoms with Crippen LogP contribution < -0.4 is 0 Å². The summed E-state index contributed by atoms with van der Waals surface area (Å²) in [4.78, 5) is 0. The monoisotopic (exact) mass is 303 g/mol. The average molecular weight is 303 g/mol. The lowest BCUT2D eigenvalue weighted by Crippen LogP contribution is -2.09. The first-order chi connectivity index (χ1) is 11.2. The van der Waals surface area contributed by atoms with Crippen LogP contribution in [-0.4, -0.2) is 10.5 Å². The summed E-state index contributed by atoms with van der Waals surface area (Å²) in [6, 6.07) is 19.9. The normalized spacial score (nSPS) is 12.0. The van der Waals surface area contributed by atoms with Crippen molar-refractivity contribution in [2.75, 3.05) is 0 Å². The SMILES string of the molecule is C/C=C(\C)[N+]([O-])=C(/C=C/c1ccccc1)/C=C/c1ccccc1. The number of rotatable bonds is 5. The molecule has 0 aliphatic carbocycles. The number of hydrogen-bond acceptors (Lipinski definition) is 1. The van der Waals surface area contributed by atoms with Crippen LogP contribution in [0.25, 0.3) is 12.2 Å². The number of benzene rings is 2. The summed E-state index contributed by atoms with van der Waals surface area (Å²) in [6.45, 7) is 3.67. The van der Waals surface area contributed by atoms with Crippen molar-refractivity contribution in [3.8, 4) is 0 Å². The number of hydrogen-bond donors (Lipinski definition) is 0. The van der Waals surface area contributed by atoms with Crippen LogP contribution in [0.4, 0.5) is 0 Å². The predicted octanol–water partition coefficient (Wildman–Crippen LogP) is 5.29. The van der Waals surface area contributed by atoms with Crippen molar-refractivity contribution in [2.24, 2.45) is 0 Å². The summed E-state index contributed by atoms with van der Waals surface area (Å²) in [7, 11) is 0. The van der Waals surface area contributed by atoms with Gasteiger partial charge in [-0.15, -0.1) is 0 Å². The molecule has 0 unspecified atom stereocenters. The first kappa shape index (κ1) is 16.5. The molecule has 0 heterocycles. The molecule has 0 bridgehead atoms. The van der Waals surface area contributed by atoms with Crippen molar-refractivity contribution in [2.45, 2.75) is 13.8 Å². The Morgan fingerprint density at radius 3 is 1.65 bits per heavy atom. The Morgan fingerprint density at radius 1 is 0.826 bits per heavy atom. The smallest absolute Gasteiger partial charge is 0.216 e. The minimum atomic E-state index is 0.591. The second-order valence-electron chi connectivity index (χ2n) is 5.14. The van der Waals surface area contributed by atoms with Gasteiger partial charge in [0.15, 0.2) is 5.70 Å². The Bertz CT molecular complexity index is 686. The Balaban J connectivity index is 2.33. The maximum absolute atomic E-state index is 12.4. The molecule has 116 valence electrons. The molecule has 0 N–H and O–H groups in total. The number of allylic oxidation sites excluding steroid dienone is 4. The van der Waals surface area contributed by atoms with Gasteiger partial charge in [0.05, 0.1) is 0 Å². The van der Waals surface area contributed by atoms with Gasteiger partial charge in [0, 0.05) is 19.1 Å². The fourth-order valence-electron chi connectivity index (χ4n) is 2.00. The van der Waals surface area contributed by atoms with Gasteiger partial charge in [-0.25, -0.2) is 0 Å². The van der Waals surface area contributed by atoms with Gasteiger partial charge < -0.3 is 5.21 Å². The zero-order valence-electron chi connectivity index (χ0n) is 13.5. The lowest BCUT2D eigenvalue weighted by Gasteiger charge is -2.05. The van der Waals surface area contributed by atoms with Crippen molar-refractivity contribution in [3.05, 3.63) is 101 Å². The van der Waals surface area contributed by atoms with Crippen LogP contribution in [-0.2, 0) is 0 Å². The van der Waals surface area contributed by atoms with Crippen molar-refractivity contribution in [1.82, 2.24) is 0 Å². The van der Waals surface area contributed by atoms with Crippen LogP contribution in [0.2, 0.25) is 0 Å². The molecular formula is C21H21NO. The molecule has 2 nitrogen and oxygen atoms in total. The molecule has 0 aliphatic rings. The third kappa shape index (κ3) is 5.11. The quantitative estimate of drug-likeness (QED) is 0.319. The van der Waals surface area contributed by atoms with E-state index in [4.69, 9.17) is 0 Å². The minimum absolute atomic E-state index is 0.591. The van der Waals surface area contributed by atoms with Gasteiger partial charge in [-0.3, -0.25) is 0 Å². The van der Waals surface area contributed by atoms with Crippen LogP contribution in [0.1, 0.15) is 25.0 Å². The van der Waals surface area contributed by atoms with Gasteiger partial charge in [-0.1, -0.05) is 60.7 Å². The van der Waals surface area contributed by atoms with E-state index < -0.39 is 0 Å². The standard InChI is InChI=1S/C21H21NO/c1-3-18(2)22(23)21(16-14-19-10-6-4-7-11-19)17-15-20-12-8-5-9-13-20/h3-17H,1-2H3/b16-14+,17-15+,18-3+. The lowest BCUT2D eigenvalue weighted by atomic mass is 10.1. The highest BCUT2D eigenvalue weighted by atomic mass is 16.5. The van der Waals surface area contributed by atoms with Crippen LogP contribution in [0.3, 0.4) is 0 Å². The van der Waals surface area contributed by atoms with E-state index in [-0.39, 0.29) is 0 Å². The zero-order valence-corrected chi connectivity index (χ0v) is 13.5. The second kappa shape index (κ2) is 8.54. The van der Waals surface area contributed by atoms with E-state index in [2.05, 4.69) is 0 Å². The summed E-state index contributed by atoms with van der Waals surface area (Å²) in [5, 5.41) is 12.4. The van der Waals surface area contributed by atoms with Gasteiger partial charge in [-0.2, -0.15) is 4.74 Å². The highest BCUT2D eigenvalue weighted by molar-refractivity contribution is 6.05. The Hall–Kier alpha value is -2.87. The molecule has 0 saturated carbocycles. The molecule has 0 spiro atoms. The zero-order chi connectivity index (χ0) is 16.5. The van der Waals surface area contributed by atoms with E-state index in [9.17, 15) is 5.21 Å². The molecule has 0 atom stereocenters. The summed E-state index contributed by atoms with van der Waals surface area (Å²) >= 11 is 0. The van der Waals surface area contributed by atoms with E-state index in [1.54, 1.807) is 13.0 Å². The van der Waals surface area contributed by atoms with Gasteiger partial charge in [0.25, 0.3) is 0 Å². The van der Waals surface area contributed by atoms with Gasteiger partial charge in [-0.05, 0) is 36.3 Å². The molecule has 2 aromatic carbocycles. The highest BCUT2D eigenvalue weighted by Crippen LogP contribution is 2.06. The van der Waals surface area contributed by atoms with Gasteiger partial charge in [0.2, 0.25) is 5.71 Å². The topological polar surface area (TPSA) is 26.1 Å². The van der Waals surface area contributed by atoms with Crippen molar-refractivity contribution >= 4 is 17.9 Å². The van der Waals surface area contributed by atoms with E-state index in [0.717, 1.165) is 15.9 Å². The summed E-state index contributed by atoms with van der Waals surface area (Å²) < 4.78 is 0.943. The van der Waals surface area contributed by atoms with Crippen LogP contribution in [0.5, 0.6) is 0 Å². The van der Waals surface area contributed by atoms with Crippen molar-refractivity contribution in [1.29, 1.82) is 0 Å². The molecule has 0 amide bonds. The predicted molar refractivity (Wildman–Crippen MR) is 99.0 cm³/mol. The maximum Gasteiger partial charge on any atom is 0.216 e. The van der Waals surface area contributed by atoms with Crippen LogP contribution in [0, 0.1) is 5.21 Å². The molecule has 2 aromatic rings. The van der Waals surface area contributed by atoms with E-state index in [0.29, 0.717) is 11.4 Å². The molecule has 0 radical (unpaired) electrons. The van der Waals surface area contributed by atoms with Crippen molar-refractivity contribution < 1.29 is 4.74 Å². The molecule has 23 heavy (non-hydrogen) atoms. The third-order valence-electron chi connectivity index (χ3n) is 3.46. The number of nitrogens with zero attached hydrogens (tertiary/aromatic N) is 1. The summed E-state index contributed by atoms with van der Waals surface area (Å²) in [6.07, 6.45) is 9.38. The highest BCUT2D eigenvalue weighted by Gasteiger charge is 2.04. The molecule has 0 aromatic heterocycles. The first-order valence-corrected chi connectivity index (χ1v) is 7.64. The lowest BCUT2D eigenvalue weighted by molar-refractivity contribution is -0.399. The summed E-state index contributed by atoms with van der Waals surface area (Å²) in [5.41, 5.74) is 3.37.